The third-order valence-electron chi connectivity index (χ3n) is 4.20. The van der Waals surface area contributed by atoms with E-state index in [2.05, 4.69) is 10.3 Å². The molecule has 0 bridgehead atoms. The van der Waals surface area contributed by atoms with Gasteiger partial charge in [-0.1, -0.05) is 18.2 Å². The van der Waals surface area contributed by atoms with E-state index in [1.165, 1.54) is 37.1 Å². The number of aliphatic imine (C=N–C) groups is 1. The van der Waals surface area contributed by atoms with E-state index < -0.39 is 4.92 Å². The smallest absolute Gasteiger partial charge is 0.270 e. The Morgan fingerprint density at radius 2 is 1.97 bits per heavy atom. The fourth-order valence-corrected chi connectivity index (χ4v) is 3.63. The van der Waals surface area contributed by atoms with Crippen molar-refractivity contribution in [1.82, 2.24) is 5.32 Å². The minimum Gasteiger partial charge on any atom is -0.496 e. The van der Waals surface area contributed by atoms with Crippen LogP contribution in [0.2, 0.25) is 0 Å². The first-order chi connectivity index (χ1) is 14.5. The molecule has 30 heavy (non-hydrogen) atoms. The Labute approximate surface area is 175 Å². The molecule has 3 aromatic rings. The summed E-state index contributed by atoms with van der Waals surface area (Å²) >= 11 is 1.20. The summed E-state index contributed by atoms with van der Waals surface area (Å²) < 4.78 is 11.1. The Morgan fingerprint density at radius 3 is 2.70 bits per heavy atom. The summed E-state index contributed by atoms with van der Waals surface area (Å²) in [5.41, 5.74) is 1.11. The van der Waals surface area contributed by atoms with Gasteiger partial charge in [-0.3, -0.25) is 14.9 Å². The van der Waals surface area contributed by atoms with Crippen LogP contribution in [0, 0.1) is 10.1 Å². The molecular formula is C21H15N3O5S. The summed E-state index contributed by atoms with van der Waals surface area (Å²) in [7, 11) is 1.48. The van der Waals surface area contributed by atoms with E-state index >= 15 is 0 Å². The molecule has 1 saturated heterocycles. The Kier molecular flexibility index (Phi) is 5.36. The van der Waals surface area contributed by atoms with Gasteiger partial charge in [0.05, 0.1) is 28.2 Å². The van der Waals surface area contributed by atoms with E-state index in [-0.39, 0.29) is 11.6 Å². The standard InChI is InChI=1S/C21H15N3O5S/c1-28-17-9-7-14(24(26)27)11-16(17)18-10-8-15(29-18)12-19-20(25)23-21(30-19)22-13-5-3-2-4-6-13/h2-12H,1H3,(H,22,23,25)/b19-12-. The van der Waals surface area contributed by atoms with Crippen molar-refractivity contribution >= 4 is 40.3 Å². The molecule has 150 valence electrons. The number of benzene rings is 2. The van der Waals surface area contributed by atoms with E-state index in [4.69, 9.17) is 9.15 Å². The molecule has 9 heteroatoms. The molecule has 0 saturated carbocycles. The maximum atomic E-state index is 12.3. The molecule has 0 atom stereocenters. The minimum absolute atomic E-state index is 0.0744. The lowest BCUT2D eigenvalue weighted by atomic mass is 10.1. The predicted molar refractivity (Wildman–Crippen MR) is 115 cm³/mol. The molecular weight excluding hydrogens is 406 g/mol. The number of nitro benzene ring substituents is 1. The molecule has 1 aliphatic rings. The SMILES string of the molecule is COc1ccc([N+](=O)[O-])cc1-c1ccc(/C=C2\SC(=Nc3ccccc3)NC2=O)o1. The molecule has 1 aromatic heterocycles. The number of non-ortho nitro benzene ring substituents is 1. The number of nitrogens with one attached hydrogen (secondary N) is 1. The second-order valence-corrected chi connectivity index (χ2v) is 7.19. The van der Waals surface area contributed by atoms with Crippen LogP contribution in [-0.2, 0) is 4.79 Å². The van der Waals surface area contributed by atoms with E-state index in [1.807, 2.05) is 30.3 Å². The Bertz CT molecular complexity index is 1180. The summed E-state index contributed by atoms with van der Waals surface area (Å²) in [6.07, 6.45) is 1.60. The summed E-state index contributed by atoms with van der Waals surface area (Å²) in [6, 6.07) is 16.9. The van der Waals surface area contributed by atoms with Gasteiger partial charge in [-0.15, -0.1) is 0 Å². The van der Waals surface area contributed by atoms with Crippen molar-refractivity contribution in [3.8, 4) is 17.1 Å². The molecule has 4 rings (SSSR count). The topological polar surface area (TPSA) is 107 Å². The van der Waals surface area contributed by atoms with Crippen molar-refractivity contribution in [3.05, 3.63) is 81.4 Å². The van der Waals surface area contributed by atoms with Crippen molar-refractivity contribution in [2.45, 2.75) is 0 Å². The number of carbonyl (C=O) groups excluding carboxylic acids is 1. The third-order valence-corrected chi connectivity index (χ3v) is 5.11. The van der Waals surface area contributed by atoms with E-state index in [0.717, 1.165) is 5.69 Å². The number of nitrogens with zero attached hydrogens (tertiary/aromatic N) is 2. The number of nitro groups is 1. The summed E-state index contributed by atoms with van der Waals surface area (Å²) in [4.78, 5) is 27.7. The van der Waals surface area contributed by atoms with Crippen LogP contribution in [0.4, 0.5) is 11.4 Å². The van der Waals surface area contributed by atoms with Crippen LogP contribution in [0.15, 0.2) is 75.0 Å². The predicted octanol–water partition coefficient (Wildman–Crippen LogP) is 4.76. The number of amides is 1. The van der Waals surface area contributed by atoms with Gasteiger partial charge in [-0.05, 0) is 42.1 Å². The second kappa shape index (κ2) is 8.26. The summed E-state index contributed by atoms with van der Waals surface area (Å²) in [5, 5.41) is 14.3. The molecule has 1 aliphatic heterocycles. The fraction of sp³-hybridized carbons (Fsp3) is 0.0476. The van der Waals surface area contributed by atoms with Crippen molar-refractivity contribution in [1.29, 1.82) is 0 Å². The molecule has 1 fully saturated rings. The van der Waals surface area contributed by atoms with Gasteiger partial charge in [0, 0.05) is 18.2 Å². The third kappa shape index (κ3) is 4.11. The van der Waals surface area contributed by atoms with Gasteiger partial charge in [-0.2, -0.15) is 0 Å². The van der Waals surface area contributed by atoms with Gasteiger partial charge in [-0.25, -0.2) is 4.99 Å². The average molecular weight is 421 g/mol. The zero-order valence-electron chi connectivity index (χ0n) is 15.7. The van der Waals surface area contributed by atoms with Gasteiger partial charge in [0.2, 0.25) is 0 Å². The number of hydrogen-bond donors (Lipinski definition) is 1. The van der Waals surface area contributed by atoms with Crippen molar-refractivity contribution in [2.24, 2.45) is 4.99 Å². The fourth-order valence-electron chi connectivity index (χ4n) is 2.81. The highest BCUT2D eigenvalue weighted by Gasteiger charge is 2.24. The number of carbonyl (C=O) groups is 1. The van der Waals surface area contributed by atoms with Crippen molar-refractivity contribution in [2.75, 3.05) is 7.11 Å². The van der Waals surface area contributed by atoms with E-state index in [1.54, 1.807) is 18.2 Å². The largest absolute Gasteiger partial charge is 0.496 e. The van der Waals surface area contributed by atoms with Crippen LogP contribution in [-0.4, -0.2) is 23.1 Å². The highest BCUT2D eigenvalue weighted by molar-refractivity contribution is 8.18. The first-order valence-corrected chi connectivity index (χ1v) is 9.62. The quantitative estimate of drug-likeness (QED) is 0.362. The Balaban J connectivity index is 1.60. The Hall–Kier alpha value is -3.85. The maximum absolute atomic E-state index is 12.3. The van der Waals surface area contributed by atoms with Crippen LogP contribution in [0.1, 0.15) is 5.76 Å². The maximum Gasteiger partial charge on any atom is 0.270 e. The van der Waals surface area contributed by atoms with Gasteiger partial charge in [0.1, 0.15) is 17.3 Å². The van der Waals surface area contributed by atoms with Crippen LogP contribution < -0.4 is 10.1 Å². The average Bonchev–Trinajstić information content (AvgIpc) is 3.35. The van der Waals surface area contributed by atoms with Gasteiger partial charge < -0.3 is 14.5 Å². The number of ether oxygens (including phenoxy) is 1. The molecule has 1 N–H and O–H groups in total. The lowest BCUT2D eigenvalue weighted by molar-refractivity contribution is -0.384. The first-order valence-electron chi connectivity index (χ1n) is 8.81. The summed E-state index contributed by atoms with van der Waals surface area (Å²) in [6.45, 7) is 0. The molecule has 0 radical (unpaired) electrons. The van der Waals surface area contributed by atoms with Crippen LogP contribution in [0.3, 0.4) is 0 Å². The van der Waals surface area contributed by atoms with Gasteiger partial charge in [0.25, 0.3) is 11.6 Å². The summed E-state index contributed by atoms with van der Waals surface area (Å²) in [5.74, 6) is 0.987. The van der Waals surface area contributed by atoms with Crippen LogP contribution in [0.25, 0.3) is 17.4 Å². The zero-order chi connectivity index (χ0) is 21.1. The molecule has 2 aromatic carbocycles. The second-order valence-electron chi connectivity index (χ2n) is 6.16. The normalized spacial score (nSPS) is 16.1. The molecule has 2 heterocycles. The number of para-hydroxylation sites is 1. The lowest BCUT2D eigenvalue weighted by Gasteiger charge is -2.05. The van der Waals surface area contributed by atoms with E-state index in [9.17, 15) is 14.9 Å². The zero-order valence-corrected chi connectivity index (χ0v) is 16.5. The van der Waals surface area contributed by atoms with Gasteiger partial charge >= 0.3 is 0 Å². The number of rotatable bonds is 5. The number of methoxy groups -OCH3 is 1. The lowest BCUT2D eigenvalue weighted by Crippen LogP contribution is -2.19. The number of hydrogen-bond acceptors (Lipinski definition) is 7. The highest BCUT2D eigenvalue weighted by atomic mass is 32.2. The molecule has 0 aliphatic carbocycles. The Morgan fingerprint density at radius 1 is 1.17 bits per heavy atom. The molecule has 0 unspecified atom stereocenters. The number of amidine groups is 1. The molecule has 8 nitrogen and oxygen atoms in total. The minimum atomic E-state index is -0.484. The van der Waals surface area contributed by atoms with Crippen LogP contribution in [0.5, 0.6) is 5.75 Å². The number of furan rings is 1. The van der Waals surface area contributed by atoms with Crippen molar-refractivity contribution in [3.63, 3.8) is 0 Å². The molecule has 0 spiro atoms. The first kappa shape index (κ1) is 19.5. The number of thioether (sulfide) groups is 1. The monoisotopic (exact) mass is 421 g/mol. The van der Waals surface area contributed by atoms with Crippen molar-refractivity contribution < 1.29 is 18.9 Å². The highest BCUT2D eigenvalue weighted by Crippen LogP contribution is 2.35. The van der Waals surface area contributed by atoms with E-state index in [0.29, 0.717) is 32.9 Å². The van der Waals surface area contributed by atoms with Gasteiger partial charge in [0.15, 0.2) is 5.17 Å². The molecule has 1 amide bonds. The van der Waals surface area contributed by atoms with Crippen LogP contribution >= 0.6 is 11.8 Å².